The molecule has 0 radical (unpaired) electrons. The van der Waals surface area contributed by atoms with E-state index >= 15 is 0 Å². The molecule has 0 heterocycles. The molecular weight excluding hydrogens is 342 g/mol. The molecule has 0 fully saturated rings. The highest BCUT2D eigenvalue weighted by Crippen LogP contribution is 2.25. The lowest BCUT2D eigenvalue weighted by Crippen LogP contribution is -2.17. The lowest BCUT2D eigenvalue weighted by atomic mass is 10.1. The summed E-state index contributed by atoms with van der Waals surface area (Å²) in [5.41, 5.74) is 0.143. The second kappa shape index (κ2) is 6.44. The van der Waals surface area contributed by atoms with Crippen LogP contribution in [0.15, 0.2) is 41.3 Å². The van der Waals surface area contributed by atoms with Gasteiger partial charge in [-0.05, 0) is 36.4 Å². The smallest absolute Gasteiger partial charge is 0.337 e. The van der Waals surface area contributed by atoms with Crippen molar-refractivity contribution in [2.45, 2.75) is 4.90 Å². The first-order valence-electron chi connectivity index (χ1n) is 6.64. The Morgan fingerprint density at radius 1 is 1.12 bits per heavy atom. The summed E-state index contributed by atoms with van der Waals surface area (Å²) in [6.07, 6.45) is 0. The average molecular weight is 356 g/mol. The normalized spacial score (nSPS) is 11.2. The van der Waals surface area contributed by atoms with Crippen LogP contribution in [0.1, 0.15) is 10.4 Å². The number of carbonyl (C=O) groups is 1. The molecule has 2 N–H and O–H groups in total. The zero-order valence-electron chi connectivity index (χ0n) is 12.7. The molecule has 0 aliphatic rings. The fraction of sp³-hybridized carbons (Fsp3) is 0.133. The maximum Gasteiger partial charge on any atom is 0.337 e. The topological polar surface area (TPSA) is 86.7 Å². The second-order valence-electron chi connectivity index (χ2n) is 5.11. The first kappa shape index (κ1) is 17.7. The Morgan fingerprint density at radius 2 is 1.79 bits per heavy atom. The Morgan fingerprint density at radius 3 is 2.38 bits per heavy atom. The molecule has 0 unspecified atom stereocenters. The molecule has 24 heavy (non-hydrogen) atoms. The van der Waals surface area contributed by atoms with Gasteiger partial charge in [-0.2, -0.15) is 0 Å². The van der Waals surface area contributed by atoms with Gasteiger partial charge in [0.1, 0.15) is 16.5 Å². The van der Waals surface area contributed by atoms with Gasteiger partial charge in [0.15, 0.2) is 0 Å². The van der Waals surface area contributed by atoms with Crippen LogP contribution < -0.4 is 9.62 Å². The third kappa shape index (κ3) is 3.62. The van der Waals surface area contributed by atoms with Crippen LogP contribution in [0.25, 0.3) is 0 Å². The van der Waals surface area contributed by atoms with Gasteiger partial charge < -0.3 is 10.0 Å². The van der Waals surface area contributed by atoms with Crippen molar-refractivity contribution in [3.8, 4) is 0 Å². The standard InChI is InChI=1S/C15H14F2N2O4S/c1-19(2)13-6-4-10(8-11(13)15(20)21)18-24(22,23)14-7-9(16)3-5-12(14)17/h3-8,18H,1-2H3,(H,20,21). The maximum absolute atomic E-state index is 13.7. The lowest BCUT2D eigenvalue weighted by Gasteiger charge is -2.17. The molecular formula is C15H14F2N2O4S. The monoisotopic (exact) mass is 356 g/mol. The molecule has 0 spiro atoms. The summed E-state index contributed by atoms with van der Waals surface area (Å²) in [7, 11) is -1.15. The summed E-state index contributed by atoms with van der Waals surface area (Å²) in [4.78, 5) is 12.0. The number of sulfonamides is 1. The van der Waals surface area contributed by atoms with Gasteiger partial charge in [0.25, 0.3) is 10.0 Å². The van der Waals surface area contributed by atoms with Crippen LogP contribution in [-0.4, -0.2) is 33.6 Å². The zero-order chi connectivity index (χ0) is 18.1. The molecule has 6 nitrogen and oxygen atoms in total. The molecule has 0 aromatic heterocycles. The third-order valence-electron chi connectivity index (χ3n) is 3.14. The minimum Gasteiger partial charge on any atom is -0.478 e. The third-order valence-corrected chi connectivity index (χ3v) is 4.54. The predicted octanol–water partition coefficient (Wildman–Crippen LogP) is 2.53. The molecule has 0 saturated carbocycles. The van der Waals surface area contributed by atoms with Crippen LogP contribution in [0, 0.1) is 11.6 Å². The van der Waals surface area contributed by atoms with Crippen LogP contribution >= 0.6 is 0 Å². The lowest BCUT2D eigenvalue weighted by molar-refractivity contribution is 0.0697. The number of nitrogens with zero attached hydrogens (tertiary/aromatic N) is 1. The molecule has 9 heteroatoms. The zero-order valence-corrected chi connectivity index (χ0v) is 13.6. The van der Waals surface area contributed by atoms with E-state index in [1.54, 1.807) is 19.0 Å². The van der Waals surface area contributed by atoms with E-state index in [1.165, 1.54) is 12.1 Å². The molecule has 0 amide bonds. The van der Waals surface area contributed by atoms with E-state index in [0.717, 1.165) is 12.1 Å². The Labute approximate surface area is 137 Å². The van der Waals surface area contributed by atoms with E-state index in [0.29, 0.717) is 17.8 Å². The Bertz CT molecular complexity index is 898. The minimum absolute atomic E-state index is 0.0818. The van der Waals surface area contributed by atoms with Gasteiger partial charge in [-0.3, -0.25) is 4.72 Å². The van der Waals surface area contributed by atoms with Gasteiger partial charge in [-0.15, -0.1) is 0 Å². The molecule has 0 aliphatic carbocycles. The summed E-state index contributed by atoms with van der Waals surface area (Å²) in [5.74, 6) is -3.28. The molecule has 0 atom stereocenters. The fourth-order valence-corrected chi connectivity index (χ4v) is 3.19. The van der Waals surface area contributed by atoms with E-state index in [2.05, 4.69) is 0 Å². The Kier molecular flexibility index (Phi) is 4.74. The van der Waals surface area contributed by atoms with Crippen LogP contribution in [0.3, 0.4) is 0 Å². The summed E-state index contributed by atoms with van der Waals surface area (Å²) in [6, 6.07) is 5.88. The summed E-state index contributed by atoms with van der Waals surface area (Å²) < 4.78 is 53.3. The van der Waals surface area contributed by atoms with Crippen molar-refractivity contribution in [2.75, 3.05) is 23.7 Å². The summed E-state index contributed by atoms with van der Waals surface area (Å²) in [5, 5.41) is 9.22. The SMILES string of the molecule is CN(C)c1ccc(NS(=O)(=O)c2cc(F)ccc2F)cc1C(=O)O. The Hall–Kier alpha value is -2.68. The van der Waals surface area contributed by atoms with Crippen molar-refractivity contribution in [1.29, 1.82) is 0 Å². The summed E-state index contributed by atoms with van der Waals surface area (Å²) >= 11 is 0. The highest BCUT2D eigenvalue weighted by Gasteiger charge is 2.21. The molecule has 0 bridgehead atoms. The molecule has 0 aliphatic heterocycles. The van der Waals surface area contributed by atoms with E-state index in [-0.39, 0.29) is 11.3 Å². The number of rotatable bonds is 5. The first-order chi connectivity index (χ1) is 11.1. The quantitative estimate of drug-likeness (QED) is 0.860. The van der Waals surface area contributed by atoms with Crippen LogP contribution in [0.5, 0.6) is 0 Å². The van der Waals surface area contributed by atoms with E-state index < -0.39 is 32.5 Å². The minimum atomic E-state index is -4.41. The highest BCUT2D eigenvalue weighted by molar-refractivity contribution is 7.92. The van der Waals surface area contributed by atoms with Crippen molar-refractivity contribution in [2.24, 2.45) is 0 Å². The van der Waals surface area contributed by atoms with Gasteiger partial charge >= 0.3 is 5.97 Å². The van der Waals surface area contributed by atoms with Crippen molar-refractivity contribution >= 4 is 27.4 Å². The van der Waals surface area contributed by atoms with Crippen LogP contribution in [0.4, 0.5) is 20.2 Å². The maximum atomic E-state index is 13.7. The fourth-order valence-electron chi connectivity index (χ4n) is 2.05. The number of anilines is 2. The predicted molar refractivity (Wildman–Crippen MR) is 84.9 cm³/mol. The number of aromatic carboxylic acids is 1. The van der Waals surface area contributed by atoms with Crippen LogP contribution in [0.2, 0.25) is 0 Å². The molecule has 2 aromatic carbocycles. The number of carboxylic acids is 1. The van der Waals surface area contributed by atoms with Gasteiger partial charge in [-0.25, -0.2) is 22.0 Å². The van der Waals surface area contributed by atoms with Gasteiger partial charge in [-0.1, -0.05) is 0 Å². The molecule has 2 rings (SSSR count). The first-order valence-corrected chi connectivity index (χ1v) is 8.12. The number of carboxylic acid groups (broad SMARTS) is 1. The second-order valence-corrected chi connectivity index (χ2v) is 6.76. The number of halogens is 2. The Balaban J connectivity index is 2.45. The molecule has 0 saturated heterocycles. The van der Waals surface area contributed by atoms with Crippen molar-refractivity contribution in [1.82, 2.24) is 0 Å². The van der Waals surface area contributed by atoms with E-state index in [4.69, 9.17) is 0 Å². The van der Waals surface area contributed by atoms with Gasteiger partial charge in [0, 0.05) is 19.8 Å². The van der Waals surface area contributed by atoms with Crippen molar-refractivity contribution in [3.05, 3.63) is 53.6 Å². The highest BCUT2D eigenvalue weighted by atomic mass is 32.2. The average Bonchev–Trinajstić information content (AvgIpc) is 2.48. The molecule has 128 valence electrons. The molecule has 2 aromatic rings. The number of nitrogens with one attached hydrogen (secondary N) is 1. The van der Waals surface area contributed by atoms with Gasteiger partial charge in [0.2, 0.25) is 0 Å². The summed E-state index contributed by atoms with van der Waals surface area (Å²) in [6.45, 7) is 0. The number of hydrogen-bond acceptors (Lipinski definition) is 4. The van der Waals surface area contributed by atoms with E-state index in [1.807, 2.05) is 4.72 Å². The van der Waals surface area contributed by atoms with E-state index in [9.17, 15) is 27.1 Å². The van der Waals surface area contributed by atoms with Crippen molar-refractivity contribution in [3.63, 3.8) is 0 Å². The van der Waals surface area contributed by atoms with Crippen molar-refractivity contribution < 1.29 is 27.1 Å². The number of benzene rings is 2. The number of hydrogen-bond donors (Lipinski definition) is 2. The van der Waals surface area contributed by atoms with Gasteiger partial charge in [0.05, 0.1) is 11.3 Å². The largest absolute Gasteiger partial charge is 0.478 e. The van der Waals surface area contributed by atoms with Crippen LogP contribution in [-0.2, 0) is 10.0 Å².